The highest BCUT2D eigenvalue weighted by Crippen LogP contribution is 2.31. The van der Waals surface area contributed by atoms with E-state index in [1.807, 2.05) is 0 Å². The van der Waals surface area contributed by atoms with Crippen LogP contribution in [0.1, 0.15) is 18.5 Å². The van der Waals surface area contributed by atoms with Crippen molar-refractivity contribution < 1.29 is 19.1 Å². The van der Waals surface area contributed by atoms with Crippen LogP contribution in [0, 0.1) is 0 Å². The van der Waals surface area contributed by atoms with E-state index in [1.165, 1.54) is 12.0 Å². The van der Waals surface area contributed by atoms with Gasteiger partial charge in [0.15, 0.2) is 0 Å². The molecule has 2 rings (SSSR count). The number of hydrogen-bond acceptors (Lipinski definition) is 4. The number of carbonyl (C=O) groups excluding carboxylic acids is 2. The molecule has 0 saturated heterocycles. The molecule has 0 saturated carbocycles. The molecule has 0 radical (unpaired) electrons. The number of carbonyl (C=O) groups is 2. The van der Waals surface area contributed by atoms with Gasteiger partial charge in [-0.05, 0) is 24.6 Å². The van der Waals surface area contributed by atoms with Crippen LogP contribution >= 0.6 is 11.6 Å². The maximum atomic E-state index is 12.5. The number of methoxy groups -OCH3 is 1. The minimum atomic E-state index is -0.604. The van der Waals surface area contributed by atoms with E-state index in [1.54, 1.807) is 38.2 Å². The minimum absolute atomic E-state index is 0.145. The lowest BCUT2D eigenvalue weighted by Gasteiger charge is -2.33. The van der Waals surface area contributed by atoms with Gasteiger partial charge in [0.05, 0.1) is 18.2 Å². The number of hydrogen-bond donors (Lipinski definition) is 1. The summed E-state index contributed by atoms with van der Waals surface area (Å²) in [6.07, 6.45) is 0. The Morgan fingerprint density at radius 3 is 2.78 bits per heavy atom. The molecule has 0 aliphatic carbocycles. The zero-order valence-electron chi connectivity index (χ0n) is 13.3. The van der Waals surface area contributed by atoms with E-state index < -0.39 is 12.0 Å². The van der Waals surface area contributed by atoms with E-state index in [2.05, 4.69) is 5.32 Å². The van der Waals surface area contributed by atoms with Crippen LogP contribution in [0.2, 0.25) is 5.02 Å². The maximum absolute atomic E-state index is 12.5. The highest BCUT2D eigenvalue weighted by Gasteiger charge is 2.35. The van der Waals surface area contributed by atoms with Gasteiger partial charge in [-0.3, -0.25) is 0 Å². The minimum Gasteiger partial charge on any atom is -0.460 e. The molecule has 0 spiro atoms. The molecule has 1 heterocycles. The quantitative estimate of drug-likeness (QED) is 0.661. The Hall–Kier alpha value is -2.05. The van der Waals surface area contributed by atoms with Crippen molar-refractivity contribution in [2.75, 3.05) is 27.4 Å². The van der Waals surface area contributed by atoms with Crippen molar-refractivity contribution in [1.82, 2.24) is 10.2 Å². The highest BCUT2D eigenvalue weighted by molar-refractivity contribution is 6.30. The summed E-state index contributed by atoms with van der Waals surface area (Å²) in [5.41, 5.74) is 1.64. The first-order valence-electron chi connectivity index (χ1n) is 7.12. The molecule has 1 unspecified atom stereocenters. The Labute approximate surface area is 140 Å². The zero-order valence-corrected chi connectivity index (χ0v) is 14.0. The fourth-order valence-corrected chi connectivity index (χ4v) is 2.53. The summed E-state index contributed by atoms with van der Waals surface area (Å²) >= 11 is 6.02. The Bertz CT molecular complexity index is 645. The number of urea groups is 1. The topological polar surface area (TPSA) is 67.9 Å². The first-order valence-corrected chi connectivity index (χ1v) is 7.50. The summed E-state index contributed by atoms with van der Waals surface area (Å²) in [5, 5.41) is 3.33. The van der Waals surface area contributed by atoms with Crippen molar-refractivity contribution in [2.24, 2.45) is 0 Å². The average Bonchev–Trinajstić information content (AvgIpc) is 2.52. The van der Waals surface area contributed by atoms with E-state index in [9.17, 15) is 9.59 Å². The van der Waals surface area contributed by atoms with E-state index in [0.717, 1.165) is 5.56 Å². The number of halogens is 1. The third-order valence-electron chi connectivity index (χ3n) is 3.68. The van der Waals surface area contributed by atoms with Gasteiger partial charge in [-0.15, -0.1) is 0 Å². The summed E-state index contributed by atoms with van der Waals surface area (Å²) < 4.78 is 10.1. The van der Waals surface area contributed by atoms with Crippen molar-refractivity contribution in [3.05, 3.63) is 46.1 Å². The van der Waals surface area contributed by atoms with E-state index in [4.69, 9.17) is 21.1 Å². The highest BCUT2D eigenvalue weighted by atomic mass is 35.5. The Kier molecular flexibility index (Phi) is 5.63. The van der Waals surface area contributed by atoms with E-state index in [0.29, 0.717) is 22.9 Å². The second-order valence-electron chi connectivity index (χ2n) is 5.12. The third kappa shape index (κ3) is 3.83. The lowest BCUT2D eigenvalue weighted by Crippen LogP contribution is -2.46. The molecule has 23 heavy (non-hydrogen) atoms. The fraction of sp³-hybridized carbons (Fsp3) is 0.375. The number of nitrogens with one attached hydrogen (secondary N) is 1. The molecule has 0 fully saturated rings. The van der Waals surface area contributed by atoms with Crippen LogP contribution in [0.3, 0.4) is 0 Å². The molecule has 124 valence electrons. The number of nitrogens with zero attached hydrogens (tertiary/aromatic N) is 1. The Balaban J connectivity index is 2.38. The van der Waals surface area contributed by atoms with Crippen LogP contribution in [-0.4, -0.2) is 44.3 Å². The monoisotopic (exact) mass is 338 g/mol. The van der Waals surface area contributed by atoms with Crippen molar-refractivity contribution in [3.63, 3.8) is 0 Å². The van der Waals surface area contributed by atoms with Crippen LogP contribution in [0.25, 0.3) is 0 Å². The summed E-state index contributed by atoms with van der Waals surface area (Å²) in [6.45, 7) is 2.16. The van der Waals surface area contributed by atoms with Crippen molar-refractivity contribution in [1.29, 1.82) is 0 Å². The summed E-state index contributed by atoms with van der Waals surface area (Å²) in [5.74, 6) is -0.489. The third-order valence-corrected chi connectivity index (χ3v) is 3.91. The van der Waals surface area contributed by atoms with Gasteiger partial charge >= 0.3 is 12.0 Å². The number of ether oxygens (including phenoxy) is 2. The largest absolute Gasteiger partial charge is 0.460 e. The van der Waals surface area contributed by atoms with Gasteiger partial charge in [0.25, 0.3) is 0 Å². The molecule has 0 aromatic heterocycles. The van der Waals surface area contributed by atoms with Crippen molar-refractivity contribution in [2.45, 2.75) is 13.0 Å². The molecule has 1 aromatic carbocycles. The van der Waals surface area contributed by atoms with Crippen LogP contribution in [0.5, 0.6) is 0 Å². The van der Waals surface area contributed by atoms with Gasteiger partial charge in [0, 0.05) is 24.9 Å². The molecule has 1 N–H and O–H groups in total. The van der Waals surface area contributed by atoms with E-state index >= 15 is 0 Å². The van der Waals surface area contributed by atoms with Crippen LogP contribution in [0.4, 0.5) is 4.79 Å². The Morgan fingerprint density at radius 2 is 2.13 bits per heavy atom. The standard InChI is InChI=1S/C16H19ClN2O4/c1-10-13(15(20)23-8-7-22-3)14(18-16(21)19(10)2)11-5-4-6-12(17)9-11/h4-6,9,14H,7-8H2,1-3H3,(H,18,21). The summed E-state index contributed by atoms with van der Waals surface area (Å²) in [7, 11) is 3.13. The predicted molar refractivity (Wildman–Crippen MR) is 86.0 cm³/mol. The predicted octanol–water partition coefficient (Wildman–Crippen LogP) is 2.50. The van der Waals surface area contributed by atoms with Crippen LogP contribution < -0.4 is 5.32 Å². The zero-order chi connectivity index (χ0) is 17.0. The van der Waals surface area contributed by atoms with Crippen LogP contribution in [-0.2, 0) is 14.3 Å². The average molecular weight is 339 g/mol. The molecule has 1 aliphatic rings. The maximum Gasteiger partial charge on any atom is 0.338 e. The van der Waals surface area contributed by atoms with Crippen molar-refractivity contribution in [3.8, 4) is 0 Å². The molecule has 2 amide bonds. The van der Waals surface area contributed by atoms with Gasteiger partial charge in [0.2, 0.25) is 0 Å². The Morgan fingerprint density at radius 1 is 1.39 bits per heavy atom. The molecular weight excluding hydrogens is 320 g/mol. The van der Waals surface area contributed by atoms with Gasteiger partial charge in [-0.1, -0.05) is 23.7 Å². The summed E-state index contributed by atoms with van der Waals surface area (Å²) in [4.78, 5) is 25.9. The lowest BCUT2D eigenvalue weighted by atomic mass is 9.95. The number of esters is 1. The SMILES string of the molecule is COCCOC(=O)C1=C(C)N(C)C(=O)NC1c1cccc(Cl)c1. The first-order chi connectivity index (χ1) is 11.0. The van der Waals surface area contributed by atoms with Gasteiger partial charge in [-0.2, -0.15) is 0 Å². The molecule has 1 aliphatic heterocycles. The molecular formula is C16H19ClN2O4. The van der Waals surface area contributed by atoms with Crippen LogP contribution in [0.15, 0.2) is 35.5 Å². The second kappa shape index (κ2) is 7.48. The van der Waals surface area contributed by atoms with Gasteiger partial charge < -0.3 is 19.7 Å². The number of amides is 2. The number of allylic oxidation sites excluding steroid dienone is 1. The number of rotatable bonds is 5. The molecule has 0 bridgehead atoms. The lowest BCUT2D eigenvalue weighted by molar-refractivity contribution is -0.140. The van der Waals surface area contributed by atoms with Gasteiger partial charge in [-0.25, -0.2) is 9.59 Å². The molecule has 7 heteroatoms. The van der Waals surface area contributed by atoms with E-state index in [-0.39, 0.29) is 12.6 Å². The van der Waals surface area contributed by atoms with Gasteiger partial charge in [0.1, 0.15) is 6.61 Å². The molecule has 6 nitrogen and oxygen atoms in total. The first kappa shape index (κ1) is 17.3. The normalized spacial score (nSPS) is 18.0. The smallest absolute Gasteiger partial charge is 0.338 e. The molecule has 1 atom stereocenters. The molecule has 1 aromatic rings. The summed E-state index contributed by atoms with van der Waals surface area (Å²) in [6, 6.07) is 6.12. The second-order valence-corrected chi connectivity index (χ2v) is 5.56. The number of benzene rings is 1. The fourth-order valence-electron chi connectivity index (χ4n) is 2.33. The van der Waals surface area contributed by atoms with Crippen molar-refractivity contribution >= 4 is 23.6 Å².